The predicted molar refractivity (Wildman–Crippen MR) is 68.3 cm³/mol. The zero-order valence-electron chi connectivity index (χ0n) is 11.4. The van der Waals surface area contributed by atoms with Crippen LogP contribution in [0.25, 0.3) is 5.69 Å². The zero-order valence-corrected chi connectivity index (χ0v) is 11.4. The van der Waals surface area contributed by atoms with Crippen molar-refractivity contribution in [3.63, 3.8) is 0 Å². The second kappa shape index (κ2) is 5.80. The van der Waals surface area contributed by atoms with E-state index in [1.165, 1.54) is 6.20 Å². The molecule has 21 heavy (non-hydrogen) atoms. The minimum absolute atomic E-state index is 0.223. The molecule has 1 aromatic carbocycles. The Morgan fingerprint density at radius 1 is 1.29 bits per heavy atom. The summed E-state index contributed by atoms with van der Waals surface area (Å²) in [6, 6.07) is 2.40. The van der Waals surface area contributed by atoms with Crippen molar-refractivity contribution >= 4 is 0 Å². The first-order valence-corrected chi connectivity index (χ1v) is 6.29. The Labute approximate surface area is 118 Å². The summed E-state index contributed by atoms with van der Waals surface area (Å²) in [5, 5.41) is 10.6. The lowest BCUT2D eigenvalue weighted by atomic mass is 10.2. The van der Waals surface area contributed by atoms with E-state index in [0.29, 0.717) is 24.4 Å². The van der Waals surface area contributed by atoms with E-state index in [4.69, 9.17) is 0 Å². The molecule has 1 heterocycles. The molecule has 0 amide bonds. The smallest absolute Gasteiger partial charge is 0.309 e. The molecule has 0 unspecified atom stereocenters. The third-order valence-electron chi connectivity index (χ3n) is 2.75. The fraction of sp³-hybridized carbons (Fsp3) is 0.385. The summed E-state index contributed by atoms with van der Waals surface area (Å²) in [5.41, 5.74) is -0.704. The molecule has 8 heteroatoms. The van der Waals surface area contributed by atoms with E-state index in [1.54, 1.807) is 0 Å². The molecule has 0 spiro atoms. The zero-order chi connectivity index (χ0) is 15.6. The van der Waals surface area contributed by atoms with Gasteiger partial charge in [-0.2, -0.15) is 13.2 Å². The fourth-order valence-corrected chi connectivity index (χ4v) is 1.67. The normalized spacial score (nSPS) is 12.1. The van der Waals surface area contributed by atoms with Crippen LogP contribution in [0.4, 0.5) is 17.6 Å². The summed E-state index contributed by atoms with van der Waals surface area (Å²) in [6.45, 7) is 4.28. The Morgan fingerprint density at radius 2 is 2.00 bits per heavy atom. The predicted octanol–water partition coefficient (Wildman–Crippen LogP) is 2.92. The highest BCUT2D eigenvalue weighted by Crippen LogP contribution is 2.31. The highest BCUT2D eigenvalue weighted by Gasteiger charge is 2.31. The maximum absolute atomic E-state index is 13.7. The standard InChI is InChI=1S/C13H14F4N4/c1-8(2)18-6-10-7-21(20-19-10)12-5-9(13(15,16)17)3-4-11(12)14/h3-5,7-8,18H,6H2,1-2H3. The summed E-state index contributed by atoms with van der Waals surface area (Å²) in [6.07, 6.45) is -3.14. The van der Waals surface area contributed by atoms with Crippen molar-refractivity contribution in [3.8, 4) is 5.69 Å². The van der Waals surface area contributed by atoms with E-state index >= 15 is 0 Å². The van der Waals surface area contributed by atoms with Crippen LogP contribution in [-0.4, -0.2) is 21.0 Å². The lowest BCUT2D eigenvalue weighted by molar-refractivity contribution is -0.137. The third kappa shape index (κ3) is 3.78. The number of halogens is 4. The van der Waals surface area contributed by atoms with E-state index in [2.05, 4.69) is 15.6 Å². The molecule has 2 aromatic rings. The van der Waals surface area contributed by atoms with Gasteiger partial charge < -0.3 is 5.32 Å². The Hall–Kier alpha value is -1.96. The van der Waals surface area contributed by atoms with Crippen molar-refractivity contribution in [1.29, 1.82) is 0 Å². The van der Waals surface area contributed by atoms with Crippen LogP contribution in [0.5, 0.6) is 0 Å². The molecule has 1 aromatic heterocycles. The summed E-state index contributed by atoms with van der Waals surface area (Å²) in [5.74, 6) is -0.795. The second-order valence-corrected chi connectivity index (χ2v) is 4.85. The van der Waals surface area contributed by atoms with Crippen LogP contribution in [0.15, 0.2) is 24.4 Å². The lowest BCUT2D eigenvalue weighted by Gasteiger charge is -2.09. The van der Waals surface area contributed by atoms with E-state index < -0.39 is 17.6 Å². The van der Waals surface area contributed by atoms with Gasteiger partial charge in [0.1, 0.15) is 11.5 Å². The average molecular weight is 302 g/mol. The number of nitrogens with zero attached hydrogens (tertiary/aromatic N) is 3. The Morgan fingerprint density at radius 3 is 2.62 bits per heavy atom. The van der Waals surface area contributed by atoms with Gasteiger partial charge in [-0.25, -0.2) is 9.07 Å². The van der Waals surface area contributed by atoms with E-state index in [0.717, 1.165) is 10.7 Å². The van der Waals surface area contributed by atoms with Crippen LogP contribution >= 0.6 is 0 Å². The summed E-state index contributed by atoms with van der Waals surface area (Å²) >= 11 is 0. The number of rotatable bonds is 4. The highest BCUT2D eigenvalue weighted by atomic mass is 19.4. The summed E-state index contributed by atoms with van der Waals surface area (Å²) in [7, 11) is 0. The van der Waals surface area contributed by atoms with Crippen LogP contribution < -0.4 is 5.32 Å². The third-order valence-corrected chi connectivity index (χ3v) is 2.75. The summed E-state index contributed by atoms with van der Waals surface area (Å²) in [4.78, 5) is 0. The molecule has 4 nitrogen and oxygen atoms in total. The Bertz CT molecular complexity index is 619. The molecule has 1 N–H and O–H groups in total. The van der Waals surface area contributed by atoms with E-state index in [-0.39, 0.29) is 11.7 Å². The first-order valence-electron chi connectivity index (χ1n) is 6.29. The van der Waals surface area contributed by atoms with Gasteiger partial charge in [0.15, 0.2) is 0 Å². The maximum atomic E-state index is 13.7. The number of benzene rings is 1. The van der Waals surface area contributed by atoms with Crippen molar-refractivity contribution in [2.75, 3.05) is 0 Å². The molecule has 0 aliphatic heterocycles. The minimum Gasteiger partial charge on any atom is -0.309 e. The molecule has 0 bridgehead atoms. The highest BCUT2D eigenvalue weighted by molar-refractivity contribution is 5.38. The van der Waals surface area contributed by atoms with Crippen molar-refractivity contribution in [2.45, 2.75) is 32.6 Å². The van der Waals surface area contributed by atoms with Crippen molar-refractivity contribution in [2.24, 2.45) is 0 Å². The van der Waals surface area contributed by atoms with Crippen molar-refractivity contribution in [3.05, 3.63) is 41.5 Å². The van der Waals surface area contributed by atoms with Gasteiger partial charge in [-0.3, -0.25) is 0 Å². The van der Waals surface area contributed by atoms with Gasteiger partial charge in [-0.15, -0.1) is 5.10 Å². The SMILES string of the molecule is CC(C)NCc1cn(-c2cc(C(F)(F)F)ccc2F)nn1. The van der Waals surface area contributed by atoms with E-state index in [9.17, 15) is 17.6 Å². The lowest BCUT2D eigenvalue weighted by Crippen LogP contribution is -2.21. The number of alkyl halides is 3. The largest absolute Gasteiger partial charge is 0.416 e. The Kier molecular flexibility index (Phi) is 4.26. The van der Waals surface area contributed by atoms with Gasteiger partial charge >= 0.3 is 6.18 Å². The van der Waals surface area contributed by atoms with Crippen LogP contribution in [0.3, 0.4) is 0 Å². The van der Waals surface area contributed by atoms with Gasteiger partial charge in [-0.1, -0.05) is 19.1 Å². The van der Waals surface area contributed by atoms with Crippen LogP contribution in [0.1, 0.15) is 25.1 Å². The molecule has 0 saturated carbocycles. The first kappa shape index (κ1) is 15.4. The van der Waals surface area contributed by atoms with Gasteiger partial charge in [0.25, 0.3) is 0 Å². The van der Waals surface area contributed by atoms with Gasteiger partial charge in [0.2, 0.25) is 0 Å². The molecule has 0 aliphatic rings. The molecule has 0 aliphatic carbocycles. The van der Waals surface area contributed by atoms with Gasteiger partial charge in [-0.05, 0) is 18.2 Å². The average Bonchev–Trinajstić information content (AvgIpc) is 2.84. The van der Waals surface area contributed by atoms with Crippen LogP contribution in [-0.2, 0) is 12.7 Å². The quantitative estimate of drug-likeness (QED) is 0.883. The number of hydrogen-bond donors (Lipinski definition) is 1. The molecule has 0 fully saturated rings. The topological polar surface area (TPSA) is 42.7 Å². The molecular weight excluding hydrogens is 288 g/mol. The van der Waals surface area contributed by atoms with Gasteiger partial charge in [0, 0.05) is 12.6 Å². The molecule has 0 radical (unpaired) electrons. The fourth-order valence-electron chi connectivity index (χ4n) is 1.67. The molecule has 114 valence electrons. The Balaban J connectivity index is 2.29. The molecule has 0 atom stereocenters. The first-order chi connectivity index (χ1) is 9.77. The van der Waals surface area contributed by atoms with Crippen LogP contribution in [0.2, 0.25) is 0 Å². The van der Waals surface area contributed by atoms with E-state index in [1.807, 2.05) is 13.8 Å². The van der Waals surface area contributed by atoms with Gasteiger partial charge in [0.05, 0.1) is 17.5 Å². The maximum Gasteiger partial charge on any atom is 0.416 e. The van der Waals surface area contributed by atoms with Crippen molar-refractivity contribution < 1.29 is 17.6 Å². The molecule has 0 saturated heterocycles. The summed E-state index contributed by atoms with van der Waals surface area (Å²) < 4.78 is 52.7. The molecular formula is C13H14F4N4. The number of nitrogens with one attached hydrogen (secondary N) is 1. The second-order valence-electron chi connectivity index (χ2n) is 4.85. The molecule has 2 rings (SSSR count). The number of aromatic nitrogens is 3. The van der Waals surface area contributed by atoms with Crippen LogP contribution in [0, 0.1) is 5.82 Å². The monoisotopic (exact) mass is 302 g/mol. The minimum atomic E-state index is -4.54. The van der Waals surface area contributed by atoms with Crippen molar-refractivity contribution in [1.82, 2.24) is 20.3 Å². The number of hydrogen-bond acceptors (Lipinski definition) is 3.